The van der Waals surface area contributed by atoms with Crippen molar-refractivity contribution in [1.82, 2.24) is 5.32 Å². The second kappa shape index (κ2) is 13.8. The fraction of sp³-hybridized carbons (Fsp3) is 0.917. The van der Waals surface area contributed by atoms with Crippen LogP contribution in [0.4, 0.5) is 0 Å². The van der Waals surface area contributed by atoms with Gasteiger partial charge in [0.2, 0.25) is 0 Å². The van der Waals surface area contributed by atoms with Crippen molar-refractivity contribution >= 4 is 13.1 Å². The average molecular weight is 276 g/mol. The van der Waals surface area contributed by atoms with Gasteiger partial charge in [-0.25, -0.2) is 0 Å². The molecule has 2 unspecified atom stereocenters. The maximum Gasteiger partial charge on any atom is 0.451 e. The van der Waals surface area contributed by atoms with Crippen LogP contribution in [-0.2, 0) is 4.79 Å². The fourth-order valence-corrected chi connectivity index (χ4v) is 2.27. The highest BCUT2D eigenvalue weighted by Crippen LogP contribution is 2.35. The van der Waals surface area contributed by atoms with E-state index in [-0.39, 0.29) is 11.8 Å². The maximum atomic E-state index is 10.8. The molecular formula is C12H29BN2O4. The Bertz CT molecular complexity index is 218. The molecule has 0 saturated heterocycles. The fourth-order valence-electron chi connectivity index (χ4n) is 2.27. The smallest absolute Gasteiger partial charge is 0.451 e. The molecule has 1 fully saturated rings. The molecule has 0 aromatic heterocycles. The summed E-state index contributed by atoms with van der Waals surface area (Å²) in [5, 5.41) is 28.9. The number of nitrogens with one attached hydrogen (secondary N) is 1. The molecule has 0 aromatic carbocycles. The van der Waals surface area contributed by atoms with Crippen LogP contribution in [0.3, 0.4) is 0 Å². The Morgan fingerprint density at radius 2 is 1.84 bits per heavy atom. The Labute approximate surface area is 116 Å². The van der Waals surface area contributed by atoms with Gasteiger partial charge in [0.1, 0.15) is 0 Å². The molecule has 1 saturated carbocycles. The average Bonchev–Trinajstić information content (AvgIpc) is 2.81. The van der Waals surface area contributed by atoms with E-state index in [0.29, 0.717) is 12.7 Å². The summed E-state index contributed by atoms with van der Waals surface area (Å²) in [4.78, 5) is 10.8. The number of rotatable bonds is 5. The van der Waals surface area contributed by atoms with E-state index in [1.165, 1.54) is 7.05 Å². The van der Waals surface area contributed by atoms with Gasteiger partial charge in [-0.2, -0.15) is 0 Å². The van der Waals surface area contributed by atoms with Crippen molar-refractivity contribution in [2.24, 2.45) is 17.6 Å². The third-order valence-corrected chi connectivity index (χ3v) is 3.01. The van der Waals surface area contributed by atoms with Gasteiger partial charge < -0.3 is 26.2 Å². The van der Waals surface area contributed by atoms with Crippen LogP contribution in [0.15, 0.2) is 0 Å². The van der Waals surface area contributed by atoms with Crippen LogP contribution in [-0.4, -0.2) is 49.4 Å². The lowest BCUT2D eigenvalue weighted by Gasteiger charge is -2.14. The minimum absolute atomic E-state index is 0.203. The predicted octanol–water partition coefficient (Wildman–Crippen LogP) is 0.151. The van der Waals surface area contributed by atoms with E-state index in [9.17, 15) is 4.79 Å². The zero-order chi connectivity index (χ0) is 15.3. The lowest BCUT2D eigenvalue weighted by atomic mass is 9.80. The van der Waals surface area contributed by atoms with Crippen LogP contribution < -0.4 is 11.1 Å². The zero-order valence-corrected chi connectivity index (χ0v) is 12.3. The zero-order valence-electron chi connectivity index (χ0n) is 12.3. The van der Waals surface area contributed by atoms with E-state index in [0.717, 1.165) is 25.7 Å². The number of aliphatic carboxylic acids is 1. The molecule has 6 N–H and O–H groups in total. The minimum atomic E-state index is -1.25. The SMILES string of the molecule is CN.CNC.O=C(O)C1CCCC1CCCB(O)O. The van der Waals surface area contributed by atoms with Gasteiger partial charge in [-0.1, -0.05) is 19.3 Å². The Hall–Kier alpha value is -0.625. The largest absolute Gasteiger partial charge is 0.481 e. The third kappa shape index (κ3) is 10.9. The van der Waals surface area contributed by atoms with Crippen molar-refractivity contribution in [2.75, 3.05) is 21.1 Å². The van der Waals surface area contributed by atoms with E-state index in [1.807, 2.05) is 14.1 Å². The van der Waals surface area contributed by atoms with Gasteiger partial charge >= 0.3 is 13.1 Å². The summed E-state index contributed by atoms with van der Waals surface area (Å²) in [7, 11) is 4.00. The lowest BCUT2D eigenvalue weighted by molar-refractivity contribution is -0.143. The number of carbonyl (C=O) groups is 1. The molecule has 1 aliphatic carbocycles. The van der Waals surface area contributed by atoms with Gasteiger partial charge in [-0.3, -0.25) is 4.79 Å². The molecule has 2 atom stereocenters. The van der Waals surface area contributed by atoms with Crippen molar-refractivity contribution in [3.8, 4) is 0 Å². The molecule has 0 aromatic rings. The van der Waals surface area contributed by atoms with Crippen molar-refractivity contribution in [1.29, 1.82) is 0 Å². The number of carboxylic acid groups (broad SMARTS) is 1. The molecule has 19 heavy (non-hydrogen) atoms. The standard InChI is InChI=1S/C9H17BO4.C2H7N.CH5N/c11-9(12)8-5-1-3-7(8)4-2-6-10(13)14;1-3-2;1-2/h7-8,13-14H,1-6H2,(H,11,12);3H,1-2H3;2H2,1H3. The second-order valence-corrected chi connectivity index (χ2v) is 4.55. The van der Waals surface area contributed by atoms with Crippen LogP contribution in [0.25, 0.3) is 0 Å². The number of carboxylic acids is 1. The summed E-state index contributed by atoms with van der Waals surface area (Å²) in [5.74, 6) is -0.658. The van der Waals surface area contributed by atoms with Gasteiger partial charge in [0.25, 0.3) is 0 Å². The van der Waals surface area contributed by atoms with Crippen molar-refractivity contribution < 1.29 is 19.9 Å². The molecule has 0 heterocycles. The first-order chi connectivity index (χ1) is 9.02. The molecule has 0 amide bonds. The highest BCUT2D eigenvalue weighted by atomic mass is 16.4. The molecular weight excluding hydrogens is 247 g/mol. The molecule has 6 nitrogen and oxygen atoms in total. The van der Waals surface area contributed by atoms with Gasteiger partial charge in [-0.05, 0) is 46.2 Å². The first-order valence-corrected chi connectivity index (χ1v) is 6.78. The van der Waals surface area contributed by atoms with Crippen LogP contribution >= 0.6 is 0 Å². The van der Waals surface area contributed by atoms with Crippen molar-refractivity contribution in [3.05, 3.63) is 0 Å². The summed E-state index contributed by atoms with van der Waals surface area (Å²) in [6.07, 6.45) is 4.59. The number of hydrogen-bond acceptors (Lipinski definition) is 5. The summed E-state index contributed by atoms with van der Waals surface area (Å²) in [6, 6.07) is 0. The summed E-state index contributed by atoms with van der Waals surface area (Å²) >= 11 is 0. The lowest BCUT2D eigenvalue weighted by Crippen LogP contribution is -2.19. The van der Waals surface area contributed by atoms with Crippen molar-refractivity contribution in [3.63, 3.8) is 0 Å². The van der Waals surface area contributed by atoms with Crippen LogP contribution in [0.2, 0.25) is 6.32 Å². The maximum absolute atomic E-state index is 10.8. The van der Waals surface area contributed by atoms with E-state index < -0.39 is 13.1 Å². The Morgan fingerprint density at radius 1 is 1.32 bits per heavy atom. The molecule has 7 heteroatoms. The molecule has 1 rings (SSSR count). The molecule has 0 radical (unpaired) electrons. The van der Waals surface area contributed by atoms with E-state index in [4.69, 9.17) is 15.2 Å². The molecule has 114 valence electrons. The number of nitrogens with two attached hydrogens (primary N) is 1. The minimum Gasteiger partial charge on any atom is -0.481 e. The van der Waals surface area contributed by atoms with E-state index in [1.54, 1.807) is 0 Å². The van der Waals surface area contributed by atoms with Crippen LogP contribution in [0.1, 0.15) is 32.1 Å². The van der Waals surface area contributed by atoms with Crippen LogP contribution in [0.5, 0.6) is 0 Å². The monoisotopic (exact) mass is 276 g/mol. The Kier molecular flexibility index (Phi) is 15.0. The Balaban J connectivity index is 0. The topological polar surface area (TPSA) is 116 Å². The molecule has 0 bridgehead atoms. The van der Waals surface area contributed by atoms with Crippen molar-refractivity contribution in [2.45, 2.75) is 38.4 Å². The quantitative estimate of drug-likeness (QED) is 0.456. The number of hydrogen-bond donors (Lipinski definition) is 5. The van der Waals surface area contributed by atoms with E-state index >= 15 is 0 Å². The first-order valence-electron chi connectivity index (χ1n) is 6.78. The normalized spacial score (nSPS) is 20.7. The summed E-state index contributed by atoms with van der Waals surface area (Å²) < 4.78 is 0. The molecule has 0 aliphatic heterocycles. The van der Waals surface area contributed by atoms with Gasteiger partial charge in [-0.15, -0.1) is 0 Å². The predicted molar refractivity (Wildman–Crippen MR) is 77.8 cm³/mol. The molecule has 0 spiro atoms. The first kappa shape index (κ1) is 20.7. The van der Waals surface area contributed by atoms with Gasteiger partial charge in [0.15, 0.2) is 0 Å². The van der Waals surface area contributed by atoms with Crippen LogP contribution in [0, 0.1) is 11.8 Å². The summed E-state index contributed by atoms with van der Waals surface area (Å²) in [6.45, 7) is 0. The van der Waals surface area contributed by atoms with E-state index in [2.05, 4.69) is 11.1 Å². The second-order valence-electron chi connectivity index (χ2n) is 4.55. The Morgan fingerprint density at radius 3 is 2.26 bits per heavy atom. The molecule has 1 aliphatic rings. The third-order valence-electron chi connectivity index (χ3n) is 3.01. The van der Waals surface area contributed by atoms with Gasteiger partial charge in [0.05, 0.1) is 5.92 Å². The highest BCUT2D eigenvalue weighted by molar-refractivity contribution is 6.40. The summed E-state index contributed by atoms with van der Waals surface area (Å²) in [5.41, 5.74) is 4.50. The van der Waals surface area contributed by atoms with Gasteiger partial charge in [0, 0.05) is 0 Å². The highest BCUT2D eigenvalue weighted by Gasteiger charge is 2.32.